The Morgan fingerprint density at radius 1 is 1.29 bits per heavy atom. The molecule has 0 aliphatic carbocycles. The van der Waals surface area contributed by atoms with Crippen LogP contribution in [0, 0.1) is 3.57 Å². The topological polar surface area (TPSA) is 72.5 Å². The summed E-state index contributed by atoms with van der Waals surface area (Å²) in [5, 5.41) is 0. The van der Waals surface area contributed by atoms with Crippen LogP contribution in [0.5, 0.6) is 0 Å². The van der Waals surface area contributed by atoms with E-state index in [2.05, 4.69) is 27.3 Å². The SMILES string of the molecule is CCCCC(NS(=O)(=O)c1ccc(I)cc1)C(=O)OCC. The van der Waals surface area contributed by atoms with Gasteiger partial charge in [0.15, 0.2) is 0 Å². The fourth-order valence-electron chi connectivity index (χ4n) is 1.75. The van der Waals surface area contributed by atoms with Crippen molar-refractivity contribution in [2.24, 2.45) is 0 Å². The van der Waals surface area contributed by atoms with Crippen molar-refractivity contribution in [2.75, 3.05) is 6.61 Å². The Bertz CT molecular complexity index is 557. The molecule has 1 rings (SSSR count). The number of unbranched alkanes of at least 4 members (excludes halogenated alkanes) is 1. The minimum absolute atomic E-state index is 0.147. The first-order valence-electron chi connectivity index (χ1n) is 6.85. The van der Waals surface area contributed by atoms with Crippen LogP contribution < -0.4 is 4.72 Å². The van der Waals surface area contributed by atoms with E-state index in [-0.39, 0.29) is 11.5 Å². The molecule has 0 aliphatic rings. The van der Waals surface area contributed by atoms with Gasteiger partial charge < -0.3 is 4.74 Å². The Balaban J connectivity index is 2.89. The highest BCUT2D eigenvalue weighted by Gasteiger charge is 2.26. The maximum Gasteiger partial charge on any atom is 0.324 e. The molecule has 0 saturated heterocycles. The molecule has 0 heterocycles. The minimum Gasteiger partial charge on any atom is -0.465 e. The second kappa shape index (κ2) is 8.70. The third-order valence-electron chi connectivity index (χ3n) is 2.84. The zero-order valence-corrected chi connectivity index (χ0v) is 15.1. The number of hydrogen-bond acceptors (Lipinski definition) is 4. The number of sulfonamides is 1. The van der Waals surface area contributed by atoms with Crippen molar-refractivity contribution in [1.82, 2.24) is 4.72 Å². The van der Waals surface area contributed by atoms with Crippen LogP contribution in [-0.4, -0.2) is 27.0 Å². The second-order valence-electron chi connectivity index (χ2n) is 4.52. The zero-order chi connectivity index (χ0) is 15.9. The lowest BCUT2D eigenvalue weighted by molar-refractivity contribution is -0.145. The van der Waals surface area contributed by atoms with E-state index >= 15 is 0 Å². The number of rotatable bonds is 8. The second-order valence-corrected chi connectivity index (χ2v) is 7.48. The van der Waals surface area contributed by atoms with Crippen molar-refractivity contribution in [1.29, 1.82) is 0 Å². The molecule has 1 aromatic carbocycles. The van der Waals surface area contributed by atoms with Crippen LogP contribution in [0.15, 0.2) is 29.2 Å². The van der Waals surface area contributed by atoms with Gasteiger partial charge in [-0.3, -0.25) is 4.79 Å². The van der Waals surface area contributed by atoms with E-state index in [0.717, 1.165) is 16.4 Å². The number of carbonyl (C=O) groups excluding carboxylic acids is 1. The van der Waals surface area contributed by atoms with E-state index in [4.69, 9.17) is 4.74 Å². The Kier molecular flexibility index (Phi) is 7.61. The number of esters is 1. The van der Waals surface area contributed by atoms with Gasteiger partial charge in [-0.2, -0.15) is 4.72 Å². The van der Waals surface area contributed by atoms with Gasteiger partial charge in [-0.15, -0.1) is 0 Å². The lowest BCUT2D eigenvalue weighted by Gasteiger charge is -2.17. The maximum atomic E-state index is 12.3. The molecule has 0 spiro atoms. The lowest BCUT2D eigenvalue weighted by Crippen LogP contribution is -2.41. The van der Waals surface area contributed by atoms with Gasteiger partial charge in [-0.05, 0) is 60.2 Å². The van der Waals surface area contributed by atoms with E-state index in [1.54, 1.807) is 19.1 Å². The smallest absolute Gasteiger partial charge is 0.324 e. The molecule has 7 heteroatoms. The van der Waals surface area contributed by atoms with Gasteiger partial charge in [-0.25, -0.2) is 8.42 Å². The Labute approximate surface area is 139 Å². The molecule has 0 amide bonds. The van der Waals surface area contributed by atoms with Crippen LogP contribution in [0.25, 0.3) is 0 Å². The molecular formula is C14H20INO4S. The van der Waals surface area contributed by atoms with Crippen LogP contribution >= 0.6 is 22.6 Å². The fourth-order valence-corrected chi connectivity index (χ4v) is 3.32. The molecule has 0 saturated carbocycles. The summed E-state index contributed by atoms with van der Waals surface area (Å²) in [6.07, 6.45) is 2.05. The van der Waals surface area contributed by atoms with Gasteiger partial charge in [0.25, 0.3) is 0 Å². The zero-order valence-electron chi connectivity index (χ0n) is 12.1. The number of hydrogen-bond donors (Lipinski definition) is 1. The van der Waals surface area contributed by atoms with Gasteiger partial charge in [0.2, 0.25) is 10.0 Å². The van der Waals surface area contributed by atoms with Crippen LogP contribution in [0.4, 0.5) is 0 Å². The van der Waals surface area contributed by atoms with E-state index in [9.17, 15) is 13.2 Å². The summed E-state index contributed by atoms with van der Waals surface area (Å²) in [6, 6.07) is 5.62. The molecule has 1 N–H and O–H groups in total. The van der Waals surface area contributed by atoms with Crippen molar-refractivity contribution in [3.63, 3.8) is 0 Å². The Morgan fingerprint density at radius 2 is 1.90 bits per heavy atom. The van der Waals surface area contributed by atoms with Crippen LogP contribution in [0.1, 0.15) is 33.1 Å². The van der Waals surface area contributed by atoms with E-state index in [1.165, 1.54) is 12.1 Å². The predicted molar refractivity (Wildman–Crippen MR) is 89.4 cm³/mol. The van der Waals surface area contributed by atoms with Gasteiger partial charge in [-0.1, -0.05) is 19.8 Å². The molecule has 0 bridgehead atoms. The molecule has 21 heavy (non-hydrogen) atoms. The summed E-state index contributed by atoms with van der Waals surface area (Å²) in [5.41, 5.74) is 0. The summed E-state index contributed by atoms with van der Waals surface area (Å²) in [5.74, 6) is -0.528. The van der Waals surface area contributed by atoms with Crippen molar-refractivity contribution in [3.8, 4) is 0 Å². The van der Waals surface area contributed by atoms with E-state index in [0.29, 0.717) is 6.42 Å². The van der Waals surface area contributed by atoms with Gasteiger partial charge >= 0.3 is 5.97 Å². The molecule has 0 aromatic heterocycles. The molecule has 0 fully saturated rings. The average Bonchev–Trinajstić information content (AvgIpc) is 2.44. The number of halogens is 1. The van der Waals surface area contributed by atoms with E-state index < -0.39 is 22.0 Å². The largest absolute Gasteiger partial charge is 0.465 e. The van der Waals surface area contributed by atoms with Crippen molar-refractivity contribution in [3.05, 3.63) is 27.8 Å². The molecule has 1 unspecified atom stereocenters. The summed E-state index contributed by atoms with van der Waals surface area (Å²) in [6.45, 7) is 3.91. The summed E-state index contributed by atoms with van der Waals surface area (Å²) in [4.78, 5) is 12.0. The Hall–Kier alpha value is -0.670. The highest BCUT2D eigenvalue weighted by Crippen LogP contribution is 2.14. The molecule has 118 valence electrons. The predicted octanol–water partition coefficient (Wildman–Crippen LogP) is 2.69. The van der Waals surface area contributed by atoms with E-state index in [1.807, 2.05) is 6.92 Å². The monoisotopic (exact) mass is 425 g/mol. The van der Waals surface area contributed by atoms with Crippen molar-refractivity contribution < 1.29 is 17.9 Å². The third kappa shape index (κ3) is 5.91. The summed E-state index contributed by atoms with van der Waals surface area (Å²) < 4.78 is 32.9. The van der Waals surface area contributed by atoms with Crippen LogP contribution in [-0.2, 0) is 19.6 Å². The first-order chi connectivity index (χ1) is 9.90. The minimum atomic E-state index is -3.72. The normalized spacial score (nSPS) is 12.9. The van der Waals surface area contributed by atoms with Gasteiger partial charge in [0, 0.05) is 3.57 Å². The molecular weight excluding hydrogens is 405 g/mol. The molecule has 5 nitrogen and oxygen atoms in total. The standard InChI is InChI=1S/C14H20INO4S/c1-3-5-6-13(14(17)20-4-2)16-21(18,19)12-9-7-11(15)8-10-12/h7-10,13,16H,3-6H2,1-2H3. The average molecular weight is 425 g/mol. The first-order valence-corrected chi connectivity index (χ1v) is 9.41. The summed E-state index contributed by atoms with van der Waals surface area (Å²) >= 11 is 2.10. The molecule has 1 aromatic rings. The quantitative estimate of drug-likeness (QED) is 0.514. The van der Waals surface area contributed by atoms with Gasteiger partial charge in [0.05, 0.1) is 11.5 Å². The highest BCUT2D eigenvalue weighted by molar-refractivity contribution is 14.1. The fraction of sp³-hybridized carbons (Fsp3) is 0.500. The number of benzene rings is 1. The highest BCUT2D eigenvalue weighted by atomic mass is 127. The number of nitrogens with one attached hydrogen (secondary N) is 1. The van der Waals surface area contributed by atoms with Gasteiger partial charge in [0.1, 0.15) is 6.04 Å². The summed E-state index contributed by atoms with van der Waals surface area (Å²) in [7, 11) is -3.72. The number of carbonyl (C=O) groups is 1. The van der Waals surface area contributed by atoms with Crippen LogP contribution in [0.3, 0.4) is 0 Å². The maximum absolute atomic E-state index is 12.3. The lowest BCUT2D eigenvalue weighted by atomic mass is 10.1. The molecule has 0 radical (unpaired) electrons. The van der Waals surface area contributed by atoms with Crippen LogP contribution in [0.2, 0.25) is 0 Å². The third-order valence-corrected chi connectivity index (χ3v) is 5.05. The first kappa shape index (κ1) is 18.4. The molecule has 0 aliphatic heterocycles. The number of ether oxygens (including phenoxy) is 1. The Morgan fingerprint density at radius 3 is 2.43 bits per heavy atom. The molecule has 1 atom stereocenters. The van der Waals surface area contributed by atoms with Crippen molar-refractivity contribution >= 4 is 38.6 Å². The van der Waals surface area contributed by atoms with Crippen molar-refractivity contribution in [2.45, 2.75) is 44.0 Å².